The molecule has 1 amide bonds. The SMILES string of the molecule is Nc1ccccc1CCC(=O)C(CSCc1ccccc1)NC(=O)c1cc(-c2ccc3c(c2)OCCO3)nc2ccccc12. The Morgan fingerprint density at radius 1 is 0.864 bits per heavy atom. The standard InChI is InChI=1S/C36H33N3O4S/c37-29-12-6-4-10-25(29)14-16-33(40)32(23-44-22-24-8-2-1-3-9-24)39-36(41)28-21-31(38-30-13-7-5-11-27(28)30)26-15-17-34-35(20-26)43-19-18-42-34/h1-13,15,17,20-21,32H,14,16,18-19,22-23,37H2,(H,39,41). The van der Waals surface area contributed by atoms with Gasteiger partial charge in [-0.15, -0.1) is 0 Å². The number of anilines is 1. The molecular formula is C36H33N3O4S. The van der Waals surface area contributed by atoms with Gasteiger partial charge in [-0.2, -0.15) is 11.8 Å². The minimum Gasteiger partial charge on any atom is -0.486 e. The summed E-state index contributed by atoms with van der Waals surface area (Å²) in [7, 11) is 0. The number of rotatable bonds is 11. The van der Waals surface area contributed by atoms with Gasteiger partial charge in [0, 0.05) is 34.6 Å². The lowest BCUT2D eigenvalue weighted by Crippen LogP contribution is -2.43. The summed E-state index contributed by atoms with van der Waals surface area (Å²) >= 11 is 1.62. The number of amides is 1. The van der Waals surface area contributed by atoms with Crippen LogP contribution < -0.4 is 20.5 Å². The number of nitrogens with one attached hydrogen (secondary N) is 1. The van der Waals surface area contributed by atoms with Crippen LogP contribution in [0.15, 0.2) is 103 Å². The largest absolute Gasteiger partial charge is 0.486 e. The number of aromatic nitrogens is 1. The van der Waals surface area contributed by atoms with Gasteiger partial charge in [-0.1, -0.05) is 66.7 Å². The Morgan fingerprint density at radius 3 is 2.45 bits per heavy atom. The van der Waals surface area contributed by atoms with Gasteiger partial charge < -0.3 is 20.5 Å². The Kier molecular flexibility index (Phi) is 9.08. The summed E-state index contributed by atoms with van der Waals surface area (Å²) in [5.41, 5.74) is 11.5. The fourth-order valence-electron chi connectivity index (χ4n) is 5.23. The van der Waals surface area contributed by atoms with Crippen molar-refractivity contribution in [2.45, 2.75) is 24.6 Å². The molecule has 0 bridgehead atoms. The number of thioether (sulfide) groups is 1. The third kappa shape index (κ3) is 6.87. The molecule has 0 radical (unpaired) electrons. The lowest BCUT2D eigenvalue weighted by atomic mass is 10.0. The van der Waals surface area contributed by atoms with Crippen LogP contribution in [0.25, 0.3) is 22.2 Å². The van der Waals surface area contributed by atoms with Crippen LogP contribution in [0.4, 0.5) is 5.69 Å². The minimum atomic E-state index is -0.675. The Labute approximate surface area is 260 Å². The Hall–Kier alpha value is -4.82. The van der Waals surface area contributed by atoms with Crippen LogP contribution in [0.5, 0.6) is 11.5 Å². The van der Waals surface area contributed by atoms with E-state index >= 15 is 0 Å². The normalized spacial score (nSPS) is 12.9. The number of ketones is 1. The van der Waals surface area contributed by atoms with E-state index < -0.39 is 6.04 Å². The molecule has 222 valence electrons. The molecule has 1 aliphatic heterocycles. The number of Topliss-reactive ketones (excluding diaryl/α,β-unsaturated/α-hetero) is 1. The number of hydrogen-bond donors (Lipinski definition) is 2. The molecule has 2 heterocycles. The van der Waals surface area contributed by atoms with E-state index in [1.54, 1.807) is 17.8 Å². The van der Waals surface area contributed by atoms with Crippen molar-refractivity contribution in [2.24, 2.45) is 0 Å². The smallest absolute Gasteiger partial charge is 0.252 e. The summed E-state index contributed by atoms with van der Waals surface area (Å²) in [4.78, 5) is 32.5. The molecule has 1 unspecified atom stereocenters. The third-order valence-corrected chi connectivity index (χ3v) is 8.69. The second kappa shape index (κ2) is 13.7. The van der Waals surface area contributed by atoms with E-state index in [4.69, 9.17) is 20.2 Å². The predicted molar refractivity (Wildman–Crippen MR) is 176 cm³/mol. The summed E-state index contributed by atoms with van der Waals surface area (Å²) in [5.74, 6) is 2.16. The molecule has 0 aliphatic carbocycles. The number of nitrogen functional groups attached to an aromatic ring is 1. The molecule has 1 aliphatic rings. The van der Waals surface area contributed by atoms with E-state index in [9.17, 15) is 9.59 Å². The van der Waals surface area contributed by atoms with E-state index in [1.165, 1.54) is 0 Å². The average molecular weight is 604 g/mol. The molecule has 8 heteroatoms. The zero-order valence-electron chi connectivity index (χ0n) is 24.2. The second-order valence-corrected chi connectivity index (χ2v) is 11.7. The van der Waals surface area contributed by atoms with E-state index in [0.29, 0.717) is 64.7 Å². The fraction of sp³-hybridized carbons (Fsp3) is 0.194. The summed E-state index contributed by atoms with van der Waals surface area (Å²) in [6.45, 7) is 0.983. The van der Waals surface area contributed by atoms with Gasteiger partial charge in [0.2, 0.25) is 0 Å². The number of pyridine rings is 1. The minimum absolute atomic E-state index is 0.0346. The summed E-state index contributed by atoms with van der Waals surface area (Å²) in [6, 6.07) is 32.0. The van der Waals surface area contributed by atoms with Crippen molar-refractivity contribution in [1.29, 1.82) is 0 Å². The van der Waals surface area contributed by atoms with Crippen LogP contribution in [-0.2, 0) is 17.0 Å². The molecule has 6 rings (SSSR count). The maximum absolute atomic E-state index is 14.0. The quantitative estimate of drug-likeness (QED) is 0.166. The van der Waals surface area contributed by atoms with Crippen LogP contribution in [0.2, 0.25) is 0 Å². The average Bonchev–Trinajstić information content (AvgIpc) is 3.07. The van der Waals surface area contributed by atoms with Crippen molar-refractivity contribution in [3.63, 3.8) is 0 Å². The van der Waals surface area contributed by atoms with Gasteiger partial charge >= 0.3 is 0 Å². The number of aryl methyl sites for hydroxylation is 1. The van der Waals surface area contributed by atoms with Crippen molar-refractivity contribution < 1.29 is 19.1 Å². The first kappa shape index (κ1) is 29.3. The summed E-state index contributed by atoms with van der Waals surface area (Å²) in [6.07, 6.45) is 0.776. The first-order valence-corrected chi connectivity index (χ1v) is 15.8. The molecule has 1 atom stereocenters. The van der Waals surface area contributed by atoms with E-state index in [-0.39, 0.29) is 18.1 Å². The molecule has 7 nitrogen and oxygen atoms in total. The molecular weight excluding hydrogens is 570 g/mol. The molecule has 44 heavy (non-hydrogen) atoms. The number of benzene rings is 4. The van der Waals surface area contributed by atoms with Crippen LogP contribution in [-0.4, -0.2) is 41.7 Å². The highest BCUT2D eigenvalue weighted by atomic mass is 32.2. The molecule has 3 N–H and O–H groups in total. The summed E-state index contributed by atoms with van der Waals surface area (Å²) < 4.78 is 11.5. The van der Waals surface area contributed by atoms with Gasteiger partial charge in [0.1, 0.15) is 13.2 Å². The predicted octanol–water partition coefficient (Wildman–Crippen LogP) is 6.49. The highest BCUT2D eigenvalue weighted by Crippen LogP contribution is 2.35. The van der Waals surface area contributed by atoms with Gasteiger partial charge in [-0.05, 0) is 53.9 Å². The maximum Gasteiger partial charge on any atom is 0.252 e. The van der Waals surface area contributed by atoms with Gasteiger partial charge in [-0.3, -0.25) is 9.59 Å². The molecule has 0 saturated carbocycles. The zero-order chi connectivity index (χ0) is 30.3. The number of nitrogens with two attached hydrogens (primary N) is 1. The van der Waals surface area contributed by atoms with Crippen molar-refractivity contribution >= 4 is 40.0 Å². The number of hydrogen-bond acceptors (Lipinski definition) is 7. The molecule has 0 fully saturated rings. The first-order valence-electron chi connectivity index (χ1n) is 14.6. The number of nitrogens with zero attached hydrogens (tertiary/aromatic N) is 1. The second-order valence-electron chi connectivity index (χ2n) is 10.6. The van der Waals surface area contributed by atoms with Crippen molar-refractivity contribution in [3.8, 4) is 22.8 Å². The van der Waals surface area contributed by atoms with Crippen molar-refractivity contribution in [1.82, 2.24) is 10.3 Å². The Bertz CT molecular complexity index is 1790. The summed E-state index contributed by atoms with van der Waals surface area (Å²) in [5, 5.41) is 3.79. The highest BCUT2D eigenvalue weighted by Gasteiger charge is 2.24. The number of para-hydroxylation sites is 2. The monoisotopic (exact) mass is 603 g/mol. The number of fused-ring (bicyclic) bond motifs is 2. The fourth-order valence-corrected chi connectivity index (χ4v) is 6.28. The first-order chi connectivity index (χ1) is 21.5. The Morgan fingerprint density at radius 2 is 1.61 bits per heavy atom. The van der Waals surface area contributed by atoms with Gasteiger partial charge in [0.25, 0.3) is 5.91 Å². The van der Waals surface area contributed by atoms with E-state index in [2.05, 4.69) is 17.4 Å². The Balaban J connectivity index is 1.26. The number of carbonyl (C=O) groups is 2. The van der Waals surface area contributed by atoms with Crippen LogP contribution in [0, 0.1) is 0 Å². The van der Waals surface area contributed by atoms with E-state index in [1.807, 2.05) is 84.9 Å². The number of ether oxygens (including phenoxy) is 2. The van der Waals surface area contributed by atoms with Crippen LogP contribution in [0.3, 0.4) is 0 Å². The lowest BCUT2D eigenvalue weighted by Gasteiger charge is -2.20. The molecule has 0 saturated heterocycles. The molecule has 5 aromatic rings. The van der Waals surface area contributed by atoms with Crippen LogP contribution >= 0.6 is 11.8 Å². The molecule has 0 spiro atoms. The topological polar surface area (TPSA) is 104 Å². The third-order valence-electron chi connectivity index (χ3n) is 7.58. The van der Waals surface area contributed by atoms with E-state index in [0.717, 1.165) is 22.4 Å². The van der Waals surface area contributed by atoms with Crippen molar-refractivity contribution in [3.05, 3.63) is 120 Å². The van der Waals surface area contributed by atoms with Gasteiger partial charge in [-0.25, -0.2) is 4.98 Å². The number of carbonyl (C=O) groups excluding carboxylic acids is 2. The van der Waals surface area contributed by atoms with Crippen LogP contribution in [0.1, 0.15) is 27.9 Å². The highest BCUT2D eigenvalue weighted by molar-refractivity contribution is 7.98. The molecule has 4 aromatic carbocycles. The zero-order valence-corrected chi connectivity index (χ0v) is 25.0. The van der Waals surface area contributed by atoms with Crippen molar-refractivity contribution in [2.75, 3.05) is 24.7 Å². The van der Waals surface area contributed by atoms with Gasteiger partial charge in [0.15, 0.2) is 17.3 Å². The lowest BCUT2D eigenvalue weighted by molar-refractivity contribution is -0.120. The molecule has 1 aromatic heterocycles. The maximum atomic E-state index is 14.0. The van der Waals surface area contributed by atoms with Gasteiger partial charge in [0.05, 0.1) is 22.8 Å².